The van der Waals surface area contributed by atoms with Crippen molar-refractivity contribution in [1.82, 2.24) is 9.88 Å². The molecule has 0 radical (unpaired) electrons. The number of oxazole rings is 1. The minimum Gasteiger partial charge on any atom is -0.420 e. The Morgan fingerprint density at radius 1 is 1.43 bits per heavy atom. The van der Waals surface area contributed by atoms with Crippen LogP contribution in [0.15, 0.2) is 4.42 Å². The summed E-state index contributed by atoms with van der Waals surface area (Å²) in [5.41, 5.74) is -0.490. The first-order chi connectivity index (χ1) is 10.8. The van der Waals surface area contributed by atoms with E-state index in [-0.39, 0.29) is 40.2 Å². The Balaban J connectivity index is 2.00. The predicted molar refractivity (Wildman–Crippen MR) is 77.8 cm³/mol. The van der Waals surface area contributed by atoms with Crippen molar-refractivity contribution in [3.8, 4) is 6.07 Å². The molecule has 0 unspecified atom stereocenters. The van der Waals surface area contributed by atoms with E-state index in [1.54, 1.807) is 16.8 Å². The van der Waals surface area contributed by atoms with E-state index in [9.17, 15) is 13.6 Å². The molecule has 0 saturated carbocycles. The van der Waals surface area contributed by atoms with Crippen LogP contribution in [0.2, 0.25) is 0 Å². The zero-order chi connectivity index (χ0) is 16.9. The number of aromatic nitrogens is 1. The summed E-state index contributed by atoms with van der Waals surface area (Å²) in [6.45, 7) is 3.82. The number of benzene rings is 1. The lowest BCUT2D eigenvalue weighted by atomic mass is 10.1. The molecule has 0 bridgehead atoms. The van der Waals surface area contributed by atoms with Gasteiger partial charge in [-0.1, -0.05) is 0 Å². The quantitative estimate of drug-likeness (QED) is 0.845. The number of nitriles is 1. The topological polar surface area (TPSA) is 73.4 Å². The number of carbonyl (C=O) groups is 1. The maximum atomic E-state index is 14.0. The van der Waals surface area contributed by atoms with Crippen molar-refractivity contribution in [2.75, 3.05) is 25.0 Å². The molecule has 1 aliphatic rings. The second kappa shape index (κ2) is 5.19. The number of rotatable bonds is 2. The zero-order valence-corrected chi connectivity index (χ0v) is 12.9. The fourth-order valence-corrected chi connectivity index (χ4v) is 2.58. The van der Waals surface area contributed by atoms with Crippen LogP contribution in [-0.4, -0.2) is 42.0 Å². The molecule has 0 aliphatic carbocycles. The molecule has 1 fully saturated rings. The van der Waals surface area contributed by atoms with Crippen molar-refractivity contribution < 1.29 is 18.0 Å². The molecule has 1 aromatic carbocycles. The summed E-state index contributed by atoms with van der Waals surface area (Å²) in [7, 11) is 1.69. The molecule has 1 amide bonds. The second-order valence-electron chi connectivity index (χ2n) is 5.60. The normalized spacial score (nSPS) is 14.7. The minimum atomic E-state index is -1.15. The van der Waals surface area contributed by atoms with Crippen molar-refractivity contribution >= 4 is 23.0 Å². The molecule has 6 nitrogen and oxygen atoms in total. The van der Waals surface area contributed by atoms with E-state index in [2.05, 4.69) is 4.98 Å². The number of carbonyl (C=O) groups excluding carboxylic acids is 1. The first-order valence-electron chi connectivity index (χ1n) is 7.01. The molecule has 1 aromatic heterocycles. The average Bonchev–Trinajstić information content (AvgIpc) is 2.88. The summed E-state index contributed by atoms with van der Waals surface area (Å²) in [6.07, 6.45) is 0. The number of hydrogen-bond acceptors (Lipinski definition) is 5. The molecule has 8 heteroatoms. The highest BCUT2D eigenvalue weighted by molar-refractivity contribution is 5.83. The predicted octanol–water partition coefficient (Wildman–Crippen LogP) is 1.95. The van der Waals surface area contributed by atoms with Gasteiger partial charge < -0.3 is 14.2 Å². The van der Waals surface area contributed by atoms with Crippen LogP contribution in [0.4, 0.5) is 14.8 Å². The summed E-state index contributed by atoms with van der Waals surface area (Å²) in [5.74, 6) is -2.28. The van der Waals surface area contributed by atoms with E-state index in [0.717, 1.165) is 0 Å². The van der Waals surface area contributed by atoms with E-state index in [4.69, 9.17) is 9.68 Å². The molecular formula is C15H14F2N4O2. The highest BCUT2D eigenvalue weighted by atomic mass is 19.2. The molecule has 120 valence electrons. The molecule has 1 saturated heterocycles. The van der Waals surface area contributed by atoms with Crippen molar-refractivity contribution in [3.05, 3.63) is 22.8 Å². The van der Waals surface area contributed by atoms with Gasteiger partial charge in [0.15, 0.2) is 11.4 Å². The molecule has 2 heterocycles. The summed E-state index contributed by atoms with van der Waals surface area (Å²) in [4.78, 5) is 18.7. The summed E-state index contributed by atoms with van der Waals surface area (Å²) in [6, 6.07) is 1.91. The van der Waals surface area contributed by atoms with Gasteiger partial charge in [-0.25, -0.2) is 4.39 Å². The maximum absolute atomic E-state index is 14.0. The molecule has 23 heavy (non-hydrogen) atoms. The Morgan fingerprint density at radius 3 is 2.65 bits per heavy atom. The van der Waals surface area contributed by atoms with Gasteiger partial charge in [-0.05, 0) is 6.92 Å². The number of halogens is 2. The molecule has 3 rings (SSSR count). The molecule has 0 spiro atoms. The third kappa shape index (κ3) is 2.20. The third-order valence-electron chi connectivity index (χ3n) is 4.22. The lowest BCUT2D eigenvalue weighted by Crippen LogP contribution is -2.60. The number of hydrogen-bond donors (Lipinski definition) is 0. The first kappa shape index (κ1) is 15.2. The molecule has 1 aliphatic heterocycles. The van der Waals surface area contributed by atoms with Crippen LogP contribution in [0.1, 0.15) is 18.1 Å². The van der Waals surface area contributed by atoms with E-state index < -0.39 is 11.6 Å². The van der Waals surface area contributed by atoms with Crippen LogP contribution in [0.3, 0.4) is 0 Å². The highest BCUT2D eigenvalue weighted by Crippen LogP contribution is 2.32. The smallest absolute Gasteiger partial charge is 0.298 e. The number of likely N-dealkylation sites (tertiary alicyclic amines) is 1. The SMILES string of the molecule is CC(=O)N1CC(N(C)c2nc3c(C#N)c(C)c(F)c(F)c3o2)C1. The van der Waals surface area contributed by atoms with Gasteiger partial charge in [0, 0.05) is 32.6 Å². The molecular weight excluding hydrogens is 306 g/mol. The number of likely N-dealkylation sites (N-methyl/N-ethyl adjacent to an activating group) is 1. The summed E-state index contributed by atoms with van der Waals surface area (Å²) in [5, 5.41) is 9.16. The van der Waals surface area contributed by atoms with Crippen molar-refractivity contribution in [2.24, 2.45) is 0 Å². The van der Waals surface area contributed by atoms with Crippen LogP contribution < -0.4 is 4.90 Å². The number of fused-ring (bicyclic) bond motifs is 1. The van der Waals surface area contributed by atoms with Gasteiger partial charge in [0.2, 0.25) is 11.7 Å². The van der Waals surface area contributed by atoms with Crippen LogP contribution in [0.5, 0.6) is 0 Å². The van der Waals surface area contributed by atoms with Crippen molar-refractivity contribution in [3.63, 3.8) is 0 Å². The van der Waals surface area contributed by atoms with Gasteiger partial charge in [0.1, 0.15) is 11.6 Å². The highest BCUT2D eigenvalue weighted by Gasteiger charge is 2.34. The zero-order valence-electron chi connectivity index (χ0n) is 12.9. The Morgan fingerprint density at radius 2 is 2.09 bits per heavy atom. The Kier molecular flexibility index (Phi) is 3.43. The van der Waals surface area contributed by atoms with Crippen LogP contribution in [0.25, 0.3) is 11.1 Å². The van der Waals surface area contributed by atoms with E-state index in [1.807, 2.05) is 6.07 Å². The lowest BCUT2D eigenvalue weighted by Gasteiger charge is -2.42. The first-order valence-corrected chi connectivity index (χ1v) is 7.01. The van der Waals surface area contributed by atoms with Gasteiger partial charge in [0.25, 0.3) is 6.01 Å². The number of nitrogens with zero attached hydrogens (tertiary/aromatic N) is 4. The number of amides is 1. The lowest BCUT2D eigenvalue weighted by molar-refractivity contribution is -0.133. The van der Waals surface area contributed by atoms with Gasteiger partial charge >= 0.3 is 0 Å². The van der Waals surface area contributed by atoms with Crippen LogP contribution in [0, 0.1) is 29.9 Å². The van der Waals surface area contributed by atoms with Crippen molar-refractivity contribution in [1.29, 1.82) is 5.26 Å². The van der Waals surface area contributed by atoms with Crippen LogP contribution >= 0.6 is 0 Å². The summed E-state index contributed by atoms with van der Waals surface area (Å²) < 4.78 is 33.2. The maximum Gasteiger partial charge on any atom is 0.298 e. The average molecular weight is 320 g/mol. The fourth-order valence-electron chi connectivity index (χ4n) is 2.58. The third-order valence-corrected chi connectivity index (χ3v) is 4.22. The van der Waals surface area contributed by atoms with Crippen molar-refractivity contribution in [2.45, 2.75) is 19.9 Å². The largest absolute Gasteiger partial charge is 0.420 e. The van der Waals surface area contributed by atoms with Crippen LogP contribution in [-0.2, 0) is 4.79 Å². The van der Waals surface area contributed by atoms with E-state index >= 15 is 0 Å². The van der Waals surface area contributed by atoms with Gasteiger partial charge in [-0.2, -0.15) is 14.6 Å². The Bertz CT molecular complexity index is 850. The van der Waals surface area contributed by atoms with E-state index in [1.165, 1.54) is 13.8 Å². The molecule has 0 N–H and O–H groups in total. The van der Waals surface area contributed by atoms with Gasteiger partial charge in [0.05, 0.1) is 11.6 Å². The molecule has 0 atom stereocenters. The monoisotopic (exact) mass is 320 g/mol. The fraction of sp³-hybridized carbons (Fsp3) is 0.400. The van der Waals surface area contributed by atoms with Gasteiger partial charge in [-0.15, -0.1) is 0 Å². The number of anilines is 1. The standard InChI is InChI=1S/C15H14F2N4O2/c1-7-10(4-18)13-14(12(17)11(7)16)23-15(19-13)20(3)9-5-21(6-9)8(2)22/h9H,5-6H2,1-3H3. The second-order valence-corrected chi connectivity index (χ2v) is 5.60. The Labute approximate surface area is 130 Å². The molecule has 2 aromatic rings. The van der Waals surface area contributed by atoms with E-state index in [0.29, 0.717) is 13.1 Å². The minimum absolute atomic E-state index is 0.00787. The van der Waals surface area contributed by atoms with Gasteiger partial charge in [-0.3, -0.25) is 4.79 Å². The Hall–Kier alpha value is -2.69. The summed E-state index contributed by atoms with van der Waals surface area (Å²) >= 11 is 0.